The lowest BCUT2D eigenvalue weighted by Gasteiger charge is -2.18. The molecule has 1 atom stereocenters. The van der Waals surface area contributed by atoms with E-state index in [0.29, 0.717) is 19.3 Å². The molecule has 78 heavy (non-hydrogen) atoms. The van der Waals surface area contributed by atoms with E-state index < -0.39 is 6.10 Å². The van der Waals surface area contributed by atoms with Gasteiger partial charge >= 0.3 is 17.9 Å². The lowest BCUT2D eigenvalue weighted by Crippen LogP contribution is -2.30. The molecule has 0 aromatic heterocycles. The summed E-state index contributed by atoms with van der Waals surface area (Å²) in [5, 5.41) is 0. The van der Waals surface area contributed by atoms with E-state index in [1.807, 2.05) is 0 Å². The van der Waals surface area contributed by atoms with Gasteiger partial charge in [0, 0.05) is 19.3 Å². The number of esters is 3. The van der Waals surface area contributed by atoms with Crippen molar-refractivity contribution in [2.75, 3.05) is 13.2 Å². The molecule has 0 saturated carbocycles. The van der Waals surface area contributed by atoms with Crippen molar-refractivity contribution in [1.82, 2.24) is 0 Å². The smallest absolute Gasteiger partial charge is 0.306 e. The molecule has 0 rings (SSSR count). The van der Waals surface area contributed by atoms with E-state index >= 15 is 0 Å². The summed E-state index contributed by atoms with van der Waals surface area (Å²) >= 11 is 0. The number of allylic oxidation sites excluding steroid dienone is 4. The summed E-state index contributed by atoms with van der Waals surface area (Å²) in [6, 6.07) is 0. The van der Waals surface area contributed by atoms with Crippen LogP contribution in [-0.2, 0) is 28.6 Å². The number of carbonyl (C=O) groups is 3. The first kappa shape index (κ1) is 75.9. The zero-order chi connectivity index (χ0) is 56.4. The summed E-state index contributed by atoms with van der Waals surface area (Å²) in [6.45, 7) is 6.70. The molecule has 0 N–H and O–H groups in total. The van der Waals surface area contributed by atoms with E-state index in [9.17, 15) is 14.4 Å². The maximum absolute atomic E-state index is 12.9. The molecule has 0 radical (unpaired) electrons. The van der Waals surface area contributed by atoms with Crippen LogP contribution in [0.3, 0.4) is 0 Å². The monoisotopic (exact) mass is 1100 g/mol. The highest BCUT2D eigenvalue weighted by Crippen LogP contribution is 2.19. The first-order valence-electron chi connectivity index (χ1n) is 35.3. The van der Waals surface area contributed by atoms with Crippen LogP contribution in [0.2, 0.25) is 0 Å². The van der Waals surface area contributed by atoms with Crippen molar-refractivity contribution in [3.63, 3.8) is 0 Å². The van der Waals surface area contributed by atoms with Crippen molar-refractivity contribution in [1.29, 1.82) is 0 Å². The number of unbranched alkanes of at least 4 members (excludes halogenated alkanes) is 51. The predicted molar refractivity (Wildman–Crippen MR) is 340 cm³/mol. The standard InChI is InChI=1S/C72H136O6/c1-4-7-10-13-16-19-22-24-26-28-30-32-34-35-36-37-38-40-41-43-45-47-50-53-56-59-62-65-71(74)77-68-69(67-76-70(73)64-61-58-55-52-49-21-18-15-12-9-6-3)78-72(75)66-63-60-57-54-51-48-46-44-42-39-33-31-29-27-25-23-20-17-14-11-8-5-2/h22,24,28,30,69H,4-21,23,25-27,29,31-68H2,1-3H3/b24-22-,30-28-. The molecule has 0 spiro atoms. The van der Waals surface area contributed by atoms with E-state index in [4.69, 9.17) is 14.2 Å². The van der Waals surface area contributed by atoms with Crippen LogP contribution in [0, 0.1) is 0 Å². The van der Waals surface area contributed by atoms with Crippen LogP contribution in [0.5, 0.6) is 0 Å². The van der Waals surface area contributed by atoms with Crippen LogP contribution in [-0.4, -0.2) is 37.2 Å². The topological polar surface area (TPSA) is 78.9 Å². The Morgan fingerprint density at radius 3 is 0.705 bits per heavy atom. The van der Waals surface area contributed by atoms with Crippen LogP contribution in [0.15, 0.2) is 24.3 Å². The van der Waals surface area contributed by atoms with Gasteiger partial charge in [0.25, 0.3) is 0 Å². The Morgan fingerprint density at radius 2 is 0.462 bits per heavy atom. The van der Waals surface area contributed by atoms with Gasteiger partial charge in [0.05, 0.1) is 0 Å². The molecule has 0 aromatic carbocycles. The van der Waals surface area contributed by atoms with Crippen LogP contribution in [0.4, 0.5) is 0 Å². The summed E-state index contributed by atoms with van der Waals surface area (Å²) < 4.78 is 17.0. The van der Waals surface area contributed by atoms with Crippen LogP contribution < -0.4 is 0 Å². The molecule has 0 bridgehead atoms. The van der Waals surface area contributed by atoms with E-state index in [-0.39, 0.29) is 31.1 Å². The van der Waals surface area contributed by atoms with Gasteiger partial charge in [-0.15, -0.1) is 0 Å². The first-order chi connectivity index (χ1) is 38.5. The van der Waals surface area contributed by atoms with Gasteiger partial charge < -0.3 is 14.2 Å². The zero-order valence-corrected chi connectivity index (χ0v) is 53.0. The summed E-state index contributed by atoms with van der Waals surface area (Å²) in [5.74, 6) is -0.832. The van der Waals surface area contributed by atoms with Gasteiger partial charge in [0.2, 0.25) is 0 Å². The van der Waals surface area contributed by atoms with Crippen molar-refractivity contribution in [3.8, 4) is 0 Å². The highest BCUT2D eigenvalue weighted by molar-refractivity contribution is 5.71. The number of ether oxygens (including phenoxy) is 3. The largest absolute Gasteiger partial charge is 0.462 e. The number of rotatable bonds is 66. The minimum absolute atomic E-state index is 0.0639. The molecule has 0 amide bonds. The first-order valence-corrected chi connectivity index (χ1v) is 35.3. The van der Waals surface area contributed by atoms with E-state index in [2.05, 4.69) is 45.1 Å². The molecule has 0 fully saturated rings. The van der Waals surface area contributed by atoms with Gasteiger partial charge in [-0.25, -0.2) is 0 Å². The maximum Gasteiger partial charge on any atom is 0.306 e. The third kappa shape index (κ3) is 64.7. The number of carbonyl (C=O) groups excluding carboxylic acids is 3. The van der Waals surface area contributed by atoms with Crippen molar-refractivity contribution in [2.45, 2.75) is 406 Å². The minimum atomic E-state index is -0.766. The maximum atomic E-state index is 12.9. The highest BCUT2D eigenvalue weighted by Gasteiger charge is 2.19. The van der Waals surface area contributed by atoms with E-state index in [1.165, 1.54) is 295 Å². The minimum Gasteiger partial charge on any atom is -0.462 e. The van der Waals surface area contributed by atoms with E-state index in [1.54, 1.807) is 0 Å². The van der Waals surface area contributed by atoms with Crippen molar-refractivity contribution >= 4 is 17.9 Å². The number of hydrogen-bond donors (Lipinski definition) is 0. The van der Waals surface area contributed by atoms with Crippen LogP contribution in [0.1, 0.15) is 400 Å². The van der Waals surface area contributed by atoms with Gasteiger partial charge in [-0.1, -0.05) is 353 Å². The lowest BCUT2D eigenvalue weighted by atomic mass is 10.0. The Hall–Kier alpha value is -2.11. The van der Waals surface area contributed by atoms with Gasteiger partial charge in [-0.2, -0.15) is 0 Å². The molecule has 6 heteroatoms. The fraction of sp³-hybridized carbons (Fsp3) is 0.903. The highest BCUT2D eigenvalue weighted by atomic mass is 16.6. The fourth-order valence-electron chi connectivity index (χ4n) is 10.9. The molecule has 0 aromatic rings. The second kappa shape index (κ2) is 67.4. The fourth-order valence-corrected chi connectivity index (χ4v) is 10.9. The quantitative estimate of drug-likeness (QED) is 0.0261. The molecular weight excluding hydrogens is 961 g/mol. The second-order valence-electron chi connectivity index (χ2n) is 24.2. The second-order valence-corrected chi connectivity index (χ2v) is 24.2. The summed E-state index contributed by atoms with van der Waals surface area (Å²) in [4.78, 5) is 38.4. The third-order valence-corrected chi connectivity index (χ3v) is 16.2. The Balaban J connectivity index is 4.16. The van der Waals surface area contributed by atoms with E-state index in [0.717, 1.165) is 64.2 Å². The Kier molecular flexibility index (Phi) is 65.6. The third-order valence-electron chi connectivity index (χ3n) is 16.2. The Morgan fingerprint density at radius 1 is 0.256 bits per heavy atom. The average molecular weight is 1100 g/mol. The number of hydrogen-bond acceptors (Lipinski definition) is 6. The Labute approximate surface area is 487 Å². The van der Waals surface area contributed by atoms with Crippen molar-refractivity contribution in [2.24, 2.45) is 0 Å². The normalized spacial score (nSPS) is 12.1. The summed E-state index contributed by atoms with van der Waals surface area (Å²) in [5.41, 5.74) is 0. The zero-order valence-electron chi connectivity index (χ0n) is 53.0. The van der Waals surface area contributed by atoms with Gasteiger partial charge in [0.15, 0.2) is 6.10 Å². The SMILES string of the molecule is CCCCCCC/C=C\C/C=C\CCCCCCCCCCCCCCCCCC(=O)OCC(COC(=O)CCCCCCCCCCCCC)OC(=O)CCCCCCCCCCCCCCCCCCCCCCCC. The molecule has 460 valence electrons. The van der Waals surface area contributed by atoms with Crippen LogP contribution >= 0.6 is 0 Å². The lowest BCUT2D eigenvalue weighted by molar-refractivity contribution is -0.167. The predicted octanol–water partition coefficient (Wildman–Crippen LogP) is 24.2. The van der Waals surface area contributed by atoms with Gasteiger partial charge in [-0.05, 0) is 51.4 Å². The Bertz CT molecular complexity index is 1260. The van der Waals surface area contributed by atoms with Gasteiger partial charge in [-0.3, -0.25) is 14.4 Å². The molecule has 1 unspecified atom stereocenters. The molecule has 0 aliphatic rings. The summed E-state index contributed by atoms with van der Waals surface area (Å²) in [7, 11) is 0. The van der Waals surface area contributed by atoms with Gasteiger partial charge in [0.1, 0.15) is 13.2 Å². The molecule has 0 saturated heterocycles. The summed E-state index contributed by atoms with van der Waals surface area (Å²) in [6.07, 6.45) is 82.1. The van der Waals surface area contributed by atoms with Crippen molar-refractivity contribution < 1.29 is 28.6 Å². The molecule has 0 aliphatic carbocycles. The average Bonchev–Trinajstić information content (AvgIpc) is 3.44. The molecular formula is C72H136O6. The molecule has 6 nitrogen and oxygen atoms in total. The molecule has 0 aliphatic heterocycles. The van der Waals surface area contributed by atoms with Crippen LogP contribution in [0.25, 0.3) is 0 Å². The van der Waals surface area contributed by atoms with Crippen molar-refractivity contribution in [3.05, 3.63) is 24.3 Å². The molecule has 0 heterocycles.